The second kappa shape index (κ2) is 4.06. The van der Waals surface area contributed by atoms with Crippen LogP contribution in [-0.2, 0) is 11.4 Å². The highest BCUT2D eigenvalue weighted by molar-refractivity contribution is 4.71. The molecule has 1 aromatic heterocycles. The van der Waals surface area contributed by atoms with E-state index in [2.05, 4.69) is 28.8 Å². The molecule has 0 aromatic carbocycles. The Kier molecular flexibility index (Phi) is 2.79. The summed E-state index contributed by atoms with van der Waals surface area (Å²) < 4.78 is 7.49. The van der Waals surface area contributed by atoms with Gasteiger partial charge in [-0.3, -0.25) is 4.90 Å². The predicted molar refractivity (Wildman–Crippen MR) is 51.6 cm³/mol. The van der Waals surface area contributed by atoms with Crippen LogP contribution in [0.25, 0.3) is 0 Å². The first kappa shape index (κ1) is 9.61. The Morgan fingerprint density at radius 2 is 2.07 bits per heavy atom. The molecule has 1 aliphatic heterocycles. The highest BCUT2D eigenvalue weighted by Gasteiger charge is 2.21. The van der Waals surface area contributed by atoms with Gasteiger partial charge in [0, 0.05) is 13.1 Å². The van der Waals surface area contributed by atoms with Gasteiger partial charge in [0.1, 0.15) is 12.7 Å². The maximum absolute atomic E-state index is 5.65. The van der Waals surface area contributed by atoms with E-state index >= 15 is 0 Å². The topological polar surface area (TPSA) is 43.2 Å². The molecule has 2 heterocycles. The monoisotopic (exact) mass is 196 g/mol. The maximum atomic E-state index is 5.65. The van der Waals surface area contributed by atoms with Gasteiger partial charge in [-0.05, 0) is 13.8 Å². The van der Waals surface area contributed by atoms with Gasteiger partial charge in [0.15, 0.2) is 0 Å². The zero-order valence-electron chi connectivity index (χ0n) is 8.63. The van der Waals surface area contributed by atoms with Crippen molar-refractivity contribution in [3.8, 4) is 0 Å². The number of ether oxygens (including phenoxy) is 1. The van der Waals surface area contributed by atoms with Crippen molar-refractivity contribution in [3.63, 3.8) is 0 Å². The fourth-order valence-corrected chi connectivity index (χ4v) is 1.91. The highest BCUT2D eigenvalue weighted by atomic mass is 16.5. The van der Waals surface area contributed by atoms with Crippen LogP contribution in [0.2, 0.25) is 0 Å². The maximum Gasteiger partial charge on any atom is 0.137 e. The fraction of sp³-hybridized carbons (Fsp3) is 0.778. The van der Waals surface area contributed by atoms with Crippen LogP contribution in [0.5, 0.6) is 0 Å². The van der Waals surface area contributed by atoms with Crippen LogP contribution in [0.3, 0.4) is 0 Å². The Morgan fingerprint density at radius 1 is 1.36 bits per heavy atom. The molecule has 0 bridgehead atoms. The number of rotatable bonds is 2. The van der Waals surface area contributed by atoms with E-state index in [1.54, 1.807) is 12.7 Å². The van der Waals surface area contributed by atoms with Crippen molar-refractivity contribution in [1.29, 1.82) is 0 Å². The molecule has 2 rings (SSSR count). The lowest BCUT2D eigenvalue weighted by atomic mass is 10.2. The molecule has 78 valence electrons. The summed E-state index contributed by atoms with van der Waals surface area (Å²) in [6.07, 6.45) is 3.92. The van der Waals surface area contributed by atoms with Crippen molar-refractivity contribution in [1.82, 2.24) is 19.7 Å². The minimum absolute atomic E-state index is 0.308. The molecule has 0 N–H and O–H groups in total. The zero-order valence-corrected chi connectivity index (χ0v) is 8.63. The Bertz CT molecular complexity index is 264. The average molecular weight is 196 g/mol. The number of hydrogen-bond donors (Lipinski definition) is 0. The van der Waals surface area contributed by atoms with Crippen LogP contribution in [-0.4, -0.2) is 45.0 Å². The third-order valence-electron chi connectivity index (χ3n) is 2.31. The molecule has 1 saturated heterocycles. The Morgan fingerprint density at radius 3 is 2.64 bits per heavy atom. The van der Waals surface area contributed by atoms with E-state index in [9.17, 15) is 0 Å². The fourth-order valence-electron chi connectivity index (χ4n) is 1.91. The van der Waals surface area contributed by atoms with Crippen LogP contribution in [0.15, 0.2) is 12.7 Å². The molecule has 0 saturated carbocycles. The third-order valence-corrected chi connectivity index (χ3v) is 2.31. The quantitative estimate of drug-likeness (QED) is 0.684. The molecular formula is C9H16N4O. The largest absolute Gasteiger partial charge is 0.373 e. The Hall–Kier alpha value is -0.940. The van der Waals surface area contributed by atoms with Gasteiger partial charge in [-0.2, -0.15) is 5.10 Å². The van der Waals surface area contributed by atoms with Crippen molar-refractivity contribution in [2.75, 3.05) is 13.1 Å². The third kappa shape index (κ3) is 2.30. The lowest BCUT2D eigenvalue weighted by Crippen LogP contribution is -2.45. The van der Waals surface area contributed by atoms with Gasteiger partial charge >= 0.3 is 0 Å². The molecule has 1 aromatic rings. The van der Waals surface area contributed by atoms with E-state index < -0.39 is 0 Å². The van der Waals surface area contributed by atoms with Crippen LogP contribution in [0.1, 0.15) is 13.8 Å². The molecule has 5 nitrogen and oxygen atoms in total. The second-order valence-electron chi connectivity index (χ2n) is 3.87. The van der Waals surface area contributed by atoms with Gasteiger partial charge in [-0.15, -0.1) is 0 Å². The van der Waals surface area contributed by atoms with Crippen molar-refractivity contribution < 1.29 is 4.74 Å². The molecule has 1 aliphatic rings. The average Bonchev–Trinajstić information content (AvgIpc) is 2.54. The first-order valence-corrected chi connectivity index (χ1v) is 4.94. The summed E-state index contributed by atoms with van der Waals surface area (Å²) >= 11 is 0. The van der Waals surface area contributed by atoms with Gasteiger partial charge in [0.05, 0.1) is 18.9 Å². The molecule has 2 atom stereocenters. The molecule has 0 aliphatic carbocycles. The first-order valence-electron chi connectivity index (χ1n) is 4.94. The molecular weight excluding hydrogens is 180 g/mol. The van der Waals surface area contributed by atoms with E-state index in [4.69, 9.17) is 4.74 Å². The summed E-state index contributed by atoms with van der Waals surface area (Å²) in [6.45, 7) is 6.93. The molecule has 1 fully saturated rings. The first-order chi connectivity index (χ1) is 6.74. The van der Waals surface area contributed by atoms with Crippen LogP contribution >= 0.6 is 0 Å². The van der Waals surface area contributed by atoms with Crippen LogP contribution in [0.4, 0.5) is 0 Å². The minimum atomic E-state index is 0.308. The van der Waals surface area contributed by atoms with Crippen molar-refractivity contribution in [2.45, 2.75) is 32.7 Å². The van der Waals surface area contributed by atoms with Gasteiger partial charge in [0.2, 0.25) is 0 Å². The highest BCUT2D eigenvalue weighted by Crippen LogP contribution is 2.10. The van der Waals surface area contributed by atoms with Gasteiger partial charge in [-0.1, -0.05) is 0 Å². The summed E-state index contributed by atoms with van der Waals surface area (Å²) in [4.78, 5) is 6.25. The summed E-state index contributed by atoms with van der Waals surface area (Å²) in [5.74, 6) is 0. The SMILES string of the molecule is CC1CN(Cn2cncn2)CC(C)O1. The summed E-state index contributed by atoms with van der Waals surface area (Å²) in [6, 6.07) is 0. The molecule has 0 amide bonds. The molecule has 0 radical (unpaired) electrons. The lowest BCUT2D eigenvalue weighted by molar-refractivity contribution is -0.0775. The van der Waals surface area contributed by atoms with E-state index in [-0.39, 0.29) is 0 Å². The lowest BCUT2D eigenvalue weighted by Gasteiger charge is -2.34. The van der Waals surface area contributed by atoms with Gasteiger partial charge < -0.3 is 4.74 Å². The Labute approximate surface area is 83.7 Å². The van der Waals surface area contributed by atoms with E-state index in [0.29, 0.717) is 12.2 Å². The van der Waals surface area contributed by atoms with Crippen molar-refractivity contribution in [3.05, 3.63) is 12.7 Å². The molecule has 0 spiro atoms. The number of nitrogens with zero attached hydrogens (tertiary/aromatic N) is 4. The minimum Gasteiger partial charge on any atom is -0.373 e. The van der Waals surface area contributed by atoms with E-state index in [0.717, 1.165) is 19.8 Å². The smallest absolute Gasteiger partial charge is 0.137 e. The molecule has 14 heavy (non-hydrogen) atoms. The Balaban J connectivity index is 1.91. The molecule has 2 unspecified atom stereocenters. The van der Waals surface area contributed by atoms with Gasteiger partial charge in [0.25, 0.3) is 0 Å². The predicted octanol–water partition coefficient (Wildman–Crippen LogP) is 0.345. The summed E-state index contributed by atoms with van der Waals surface area (Å²) in [5, 5.41) is 4.08. The van der Waals surface area contributed by atoms with E-state index in [1.807, 2.05) is 4.68 Å². The van der Waals surface area contributed by atoms with Crippen LogP contribution in [0, 0.1) is 0 Å². The van der Waals surface area contributed by atoms with Gasteiger partial charge in [-0.25, -0.2) is 9.67 Å². The van der Waals surface area contributed by atoms with Crippen molar-refractivity contribution in [2.24, 2.45) is 0 Å². The molecule has 5 heteroatoms. The zero-order chi connectivity index (χ0) is 9.97. The van der Waals surface area contributed by atoms with Crippen molar-refractivity contribution >= 4 is 0 Å². The number of morpholine rings is 1. The second-order valence-corrected chi connectivity index (χ2v) is 3.87. The number of aromatic nitrogens is 3. The van der Waals surface area contributed by atoms with E-state index in [1.165, 1.54) is 0 Å². The normalized spacial score (nSPS) is 29.3. The summed E-state index contributed by atoms with van der Waals surface area (Å²) in [7, 11) is 0. The summed E-state index contributed by atoms with van der Waals surface area (Å²) in [5.41, 5.74) is 0. The number of hydrogen-bond acceptors (Lipinski definition) is 4. The standard InChI is InChI=1S/C9H16N4O/c1-8-3-12(4-9(2)14-8)7-13-6-10-5-11-13/h5-6,8-9H,3-4,7H2,1-2H3. The van der Waals surface area contributed by atoms with Crippen LogP contribution < -0.4 is 0 Å².